The van der Waals surface area contributed by atoms with Crippen LogP contribution in [0, 0.1) is 0 Å². The molecular weight excluding hydrogens is 257 g/mol. The topological polar surface area (TPSA) is 35.5 Å². The molecule has 0 saturated carbocycles. The third-order valence-electron chi connectivity index (χ3n) is 0.600. The van der Waals surface area contributed by atoms with Gasteiger partial charge in [-0.2, -0.15) is 0 Å². The average Bonchev–Trinajstić information content (AvgIpc) is 1.83. The highest BCUT2D eigenvalue weighted by atomic mass is 35.7. The molecule has 0 aliphatic rings. The molecule has 0 heterocycles. The number of halogens is 4. The standard InChI is InChI=1S/C3H5Cl4O3P/c1-9-11(7,8)10-2-3(4,5)6/h2H2,1H3. The summed E-state index contributed by atoms with van der Waals surface area (Å²) in [6.07, 6.45) is 0. The SMILES string of the molecule is COP(=O)(Cl)OCC(Cl)(Cl)Cl. The van der Waals surface area contributed by atoms with E-state index in [0.29, 0.717) is 0 Å². The van der Waals surface area contributed by atoms with Crippen molar-refractivity contribution in [2.45, 2.75) is 3.79 Å². The molecule has 0 spiro atoms. The summed E-state index contributed by atoms with van der Waals surface area (Å²) in [5.74, 6) is 0. The zero-order valence-corrected chi connectivity index (χ0v) is 9.31. The molecule has 0 rings (SSSR count). The second-order valence-electron chi connectivity index (χ2n) is 1.50. The lowest BCUT2D eigenvalue weighted by Crippen LogP contribution is -2.10. The van der Waals surface area contributed by atoms with Crippen LogP contribution in [0.5, 0.6) is 0 Å². The van der Waals surface area contributed by atoms with Crippen LogP contribution < -0.4 is 0 Å². The van der Waals surface area contributed by atoms with Gasteiger partial charge in [0.05, 0.1) is 0 Å². The van der Waals surface area contributed by atoms with E-state index in [4.69, 9.17) is 46.0 Å². The van der Waals surface area contributed by atoms with Gasteiger partial charge in [0.1, 0.15) is 6.61 Å². The molecule has 1 unspecified atom stereocenters. The first-order valence-corrected chi connectivity index (χ1v) is 5.92. The van der Waals surface area contributed by atoms with Crippen LogP contribution in [0.4, 0.5) is 0 Å². The van der Waals surface area contributed by atoms with Crippen molar-refractivity contribution in [3.05, 3.63) is 0 Å². The van der Waals surface area contributed by atoms with E-state index in [0.717, 1.165) is 7.11 Å². The van der Waals surface area contributed by atoms with Gasteiger partial charge in [-0.05, 0) is 0 Å². The maximum absolute atomic E-state index is 10.8. The van der Waals surface area contributed by atoms with Crippen LogP contribution in [0.2, 0.25) is 0 Å². The molecule has 0 radical (unpaired) electrons. The van der Waals surface area contributed by atoms with Gasteiger partial charge in [-0.3, -0.25) is 4.52 Å². The lowest BCUT2D eigenvalue weighted by Gasteiger charge is -2.13. The molecule has 0 aliphatic carbocycles. The maximum Gasteiger partial charge on any atom is 0.424 e. The fourth-order valence-corrected chi connectivity index (χ4v) is 1.19. The van der Waals surface area contributed by atoms with Crippen molar-refractivity contribution in [2.24, 2.45) is 0 Å². The molecule has 0 aromatic carbocycles. The minimum absolute atomic E-state index is 0.383. The number of alkyl halides is 3. The van der Waals surface area contributed by atoms with Crippen LogP contribution in [-0.2, 0) is 13.6 Å². The molecule has 0 aromatic heterocycles. The third-order valence-corrected chi connectivity index (χ3v) is 2.51. The molecule has 0 bridgehead atoms. The highest BCUT2D eigenvalue weighted by Crippen LogP contribution is 2.53. The minimum Gasteiger partial charge on any atom is -0.300 e. The minimum atomic E-state index is -3.55. The van der Waals surface area contributed by atoms with Gasteiger partial charge in [0.25, 0.3) is 0 Å². The maximum atomic E-state index is 10.8. The lowest BCUT2D eigenvalue weighted by atomic mass is 10.9. The highest BCUT2D eigenvalue weighted by Gasteiger charge is 2.27. The van der Waals surface area contributed by atoms with Gasteiger partial charge >= 0.3 is 6.95 Å². The van der Waals surface area contributed by atoms with E-state index >= 15 is 0 Å². The van der Waals surface area contributed by atoms with E-state index in [-0.39, 0.29) is 6.61 Å². The summed E-state index contributed by atoms with van der Waals surface area (Å²) in [6.45, 7) is -3.93. The van der Waals surface area contributed by atoms with E-state index in [2.05, 4.69) is 9.05 Å². The second kappa shape index (κ2) is 4.52. The van der Waals surface area contributed by atoms with Crippen molar-refractivity contribution in [2.75, 3.05) is 13.7 Å². The number of hydrogen-bond donors (Lipinski definition) is 0. The molecule has 8 heteroatoms. The van der Waals surface area contributed by atoms with E-state index in [1.54, 1.807) is 0 Å². The first-order chi connectivity index (χ1) is 4.77. The molecule has 0 fully saturated rings. The summed E-state index contributed by atoms with van der Waals surface area (Å²) < 4.78 is 17.8. The van der Waals surface area contributed by atoms with Crippen molar-refractivity contribution in [3.8, 4) is 0 Å². The van der Waals surface area contributed by atoms with Crippen LogP contribution in [0.15, 0.2) is 0 Å². The molecule has 1 atom stereocenters. The van der Waals surface area contributed by atoms with E-state index < -0.39 is 10.7 Å². The summed E-state index contributed by atoms with van der Waals surface area (Å²) in [5.41, 5.74) is 0. The Morgan fingerprint density at radius 1 is 1.45 bits per heavy atom. The van der Waals surface area contributed by atoms with Crippen molar-refractivity contribution in [1.82, 2.24) is 0 Å². The number of rotatable bonds is 3. The predicted octanol–water partition coefficient (Wildman–Crippen LogP) is 3.37. The van der Waals surface area contributed by atoms with Crippen molar-refractivity contribution in [1.29, 1.82) is 0 Å². The lowest BCUT2D eigenvalue weighted by molar-refractivity contribution is 0.253. The Bertz CT molecular complexity index is 166. The molecule has 0 aromatic rings. The van der Waals surface area contributed by atoms with Gasteiger partial charge in [-0.1, -0.05) is 34.8 Å². The van der Waals surface area contributed by atoms with Gasteiger partial charge < -0.3 is 4.52 Å². The Kier molecular flexibility index (Phi) is 5.06. The van der Waals surface area contributed by atoms with E-state index in [1.807, 2.05) is 0 Å². The third kappa shape index (κ3) is 7.66. The Morgan fingerprint density at radius 2 is 1.91 bits per heavy atom. The van der Waals surface area contributed by atoms with Crippen molar-refractivity contribution in [3.63, 3.8) is 0 Å². The summed E-state index contributed by atoms with van der Waals surface area (Å²) in [4.78, 5) is 0. The molecule has 0 N–H and O–H groups in total. The first-order valence-electron chi connectivity index (χ1n) is 2.33. The highest BCUT2D eigenvalue weighted by molar-refractivity contribution is 7.81. The fourth-order valence-electron chi connectivity index (χ4n) is 0.203. The average molecular weight is 262 g/mol. The summed E-state index contributed by atoms with van der Waals surface area (Å²) in [6, 6.07) is 0. The van der Waals surface area contributed by atoms with Crippen LogP contribution in [0.1, 0.15) is 0 Å². The Labute approximate surface area is 84.2 Å². The summed E-state index contributed by atoms with van der Waals surface area (Å²) in [5, 5.41) is 0. The molecule has 11 heavy (non-hydrogen) atoms. The normalized spacial score (nSPS) is 17.9. The zero-order chi connectivity index (χ0) is 9.12. The molecular formula is C3H5Cl4O3P. The van der Waals surface area contributed by atoms with Gasteiger partial charge in [-0.15, -0.1) is 0 Å². The number of hydrogen-bond acceptors (Lipinski definition) is 3. The molecule has 68 valence electrons. The van der Waals surface area contributed by atoms with Gasteiger partial charge in [0.15, 0.2) is 0 Å². The van der Waals surface area contributed by atoms with Crippen LogP contribution in [0.3, 0.4) is 0 Å². The Hall–Kier alpha value is 1.31. The van der Waals surface area contributed by atoms with Crippen LogP contribution in [-0.4, -0.2) is 17.5 Å². The van der Waals surface area contributed by atoms with E-state index in [9.17, 15) is 4.57 Å². The van der Waals surface area contributed by atoms with E-state index in [1.165, 1.54) is 0 Å². The quantitative estimate of drug-likeness (QED) is 0.577. The molecule has 0 amide bonds. The van der Waals surface area contributed by atoms with Gasteiger partial charge in [0.2, 0.25) is 3.79 Å². The van der Waals surface area contributed by atoms with Crippen LogP contribution in [0.25, 0.3) is 0 Å². The monoisotopic (exact) mass is 260 g/mol. The Balaban J connectivity index is 3.80. The fraction of sp³-hybridized carbons (Fsp3) is 1.00. The van der Waals surface area contributed by atoms with Crippen LogP contribution >= 0.6 is 53.0 Å². The molecule has 3 nitrogen and oxygen atoms in total. The first kappa shape index (κ1) is 12.3. The summed E-state index contributed by atoms with van der Waals surface area (Å²) in [7, 11) is 1.13. The zero-order valence-electron chi connectivity index (χ0n) is 5.39. The van der Waals surface area contributed by atoms with Crippen molar-refractivity contribution >= 4 is 53.0 Å². The predicted molar refractivity (Wildman–Crippen MR) is 46.7 cm³/mol. The van der Waals surface area contributed by atoms with Gasteiger partial charge in [0, 0.05) is 18.4 Å². The van der Waals surface area contributed by atoms with Gasteiger partial charge in [-0.25, -0.2) is 4.57 Å². The Morgan fingerprint density at radius 3 is 2.18 bits per heavy atom. The largest absolute Gasteiger partial charge is 0.424 e. The molecule has 0 aliphatic heterocycles. The second-order valence-corrected chi connectivity index (χ2v) is 6.74. The molecule has 0 saturated heterocycles. The van der Waals surface area contributed by atoms with Crippen molar-refractivity contribution < 1.29 is 13.6 Å². The summed E-state index contributed by atoms with van der Waals surface area (Å²) >= 11 is 21.0. The smallest absolute Gasteiger partial charge is 0.300 e.